The standard InChI is InChI=1S/C21H25BrN2O4S/c1-15(25)16-4-10-19(11-5-16)29(27,28)24-13-12-20(26)23-14-21(2,3)17-6-8-18(22)9-7-17/h4-11,24H,12-14H2,1-3H3,(H,23,26). The lowest BCUT2D eigenvalue weighted by atomic mass is 9.84. The van der Waals surface area contributed by atoms with Crippen molar-refractivity contribution >= 4 is 37.6 Å². The zero-order valence-electron chi connectivity index (χ0n) is 16.7. The first-order valence-corrected chi connectivity index (χ1v) is 11.4. The van der Waals surface area contributed by atoms with E-state index < -0.39 is 10.0 Å². The molecule has 2 aromatic rings. The molecule has 0 heterocycles. The Kier molecular flexibility index (Phi) is 7.73. The van der Waals surface area contributed by atoms with E-state index in [0.29, 0.717) is 12.1 Å². The number of carbonyl (C=O) groups is 2. The van der Waals surface area contributed by atoms with E-state index in [2.05, 4.69) is 26.0 Å². The molecule has 0 atom stereocenters. The van der Waals surface area contributed by atoms with Crippen LogP contribution in [0.25, 0.3) is 0 Å². The van der Waals surface area contributed by atoms with E-state index >= 15 is 0 Å². The van der Waals surface area contributed by atoms with Crippen molar-refractivity contribution in [3.05, 3.63) is 64.1 Å². The number of carbonyl (C=O) groups excluding carboxylic acids is 2. The Bertz CT molecular complexity index is 969. The minimum atomic E-state index is -3.73. The van der Waals surface area contributed by atoms with Crippen LogP contribution < -0.4 is 10.0 Å². The Hall–Kier alpha value is -2.03. The fourth-order valence-corrected chi connectivity index (χ4v) is 3.96. The summed E-state index contributed by atoms with van der Waals surface area (Å²) in [6.07, 6.45) is 0.0289. The van der Waals surface area contributed by atoms with Crippen LogP contribution in [0.2, 0.25) is 0 Å². The summed E-state index contributed by atoms with van der Waals surface area (Å²) >= 11 is 3.40. The summed E-state index contributed by atoms with van der Waals surface area (Å²) in [5.74, 6) is -0.366. The monoisotopic (exact) mass is 480 g/mol. The van der Waals surface area contributed by atoms with Crippen molar-refractivity contribution in [1.82, 2.24) is 10.0 Å². The predicted molar refractivity (Wildman–Crippen MR) is 116 cm³/mol. The highest BCUT2D eigenvalue weighted by Crippen LogP contribution is 2.24. The van der Waals surface area contributed by atoms with Crippen molar-refractivity contribution in [3.8, 4) is 0 Å². The van der Waals surface area contributed by atoms with E-state index in [0.717, 1.165) is 10.0 Å². The van der Waals surface area contributed by atoms with Crippen LogP contribution in [0.5, 0.6) is 0 Å². The first kappa shape index (κ1) is 23.3. The molecule has 0 bridgehead atoms. The number of hydrogen-bond donors (Lipinski definition) is 2. The third-order valence-corrected chi connectivity index (χ3v) is 6.57. The van der Waals surface area contributed by atoms with Crippen LogP contribution >= 0.6 is 15.9 Å². The highest BCUT2D eigenvalue weighted by molar-refractivity contribution is 9.10. The fourth-order valence-electron chi connectivity index (χ4n) is 2.66. The summed E-state index contributed by atoms with van der Waals surface area (Å²) in [6.45, 7) is 5.90. The van der Waals surface area contributed by atoms with Crippen molar-refractivity contribution in [1.29, 1.82) is 0 Å². The number of hydrogen-bond acceptors (Lipinski definition) is 4. The second kappa shape index (κ2) is 9.65. The van der Waals surface area contributed by atoms with Crippen molar-refractivity contribution in [3.63, 3.8) is 0 Å². The van der Waals surface area contributed by atoms with Gasteiger partial charge >= 0.3 is 0 Å². The summed E-state index contributed by atoms with van der Waals surface area (Å²) in [4.78, 5) is 23.5. The molecule has 2 N–H and O–H groups in total. The van der Waals surface area contributed by atoms with Crippen molar-refractivity contribution in [2.24, 2.45) is 0 Å². The van der Waals surface area contributed by atoms with Crippen LogP contribution in [0.15, 0.2) is 57.9 Å². The third kappa shape index (κ3) is 6.76. The van der Waals surface area contributed by atoms with Crippen molar-refractivity contribution in [2.75, 3.05) is 13.1 Å². The molecular weight excluding hydrogens is 456 g/mol. The normalized spacial score (nSPS) is 11.9. The lowest BCUT2D eigenvalue weighted by molar-refractivity contribution is -0.121. The highest BCUT2D eigenvalue weighted by Gasteiger charge is 2.21. The number of halogens is 1. The van der Waals surface area contributed by atoms with Gasteiger partial charge < -0.3 is 5.32 Å². The minimum absolute atomic E-state index is 0.0126. The van der Waals surface area contributed by atoms with E-state index in [1.165, 1.54) is 31.2 Å². The molecule has 0 aliphatic heterocycles. The van der Waals surface area contributed by atoms with Crippen LogP contribution in [-0.2, 0) is 20.2 Å². The molecule has 0 aromatic heterocycles. The zero-order valence-corrected chi connectivity index (χ0v) is 19.1. The van der Waals surface area contributed by atoms with E-state index in [1.54, 1.807) is 0 Å². The molecule has 8 heteroatoms. The Balaban J connectivity index is 1.84. The predicted octanol–water partition coefficient (Wildman–Crippen LogP) is 3.41. The number of amides is 1. The fraction of sp³-hybridized carbons (Fsp3) is 0.333. The van der Waals surface area contributed by atoms with Gasteiger partial charge in [0, 0.05) is 35.0 Å². The highest BCUT2D eigenvalue weighted by atomic mass is 79.9. The minimum Gasteiger partial charge on any atom is -0.355 e. The molecule has 0 fully saturated rings. The average molecular weight is 481 g/mol. The van der Waals surface area contributed by atoms with E-state index in [1.807, 2.05) is 38.1 Å². The van der Waals surface area contributed by atoms with Gasteiger partial charge in [-0.25, -0.2) is 13.1 Å². The topological polar surface area (TPSA) is 92.3 Å². The van der Waals surface area contributed by atoms with Gasteiger partial charge in [-0.15, -0.1) is 0 Å². The van der Waals surface area contributed by atoms with Gasteiger partial charge in [0.05, 0.1) is 4.90 Å². The summed E-state index contributed by atoms with van der Waals surface area (Å²) < 4.78 is 28.0. The van der Waals surface area contributed by atoms with E-state index in [-0.39, 0.29) is 35.0 Å². The van der Waals surface area contributed by atoms with Crippen LogP contribution in [0, 0.1) is 0 Å². The Labute approximate surface area is 180 Å². The quantitative estimate of drug-likeness (QED) is 0.537. The molecule has 0 spiro atoms. The molecule has 2 aromatic carbocycles. The zero-order chi connectivity index (χ0) is 21.7. The van der Waals surface area contributed by atoms with Crippen LogP contribution in [-0.4, -0.2) is 33.2 Å². The van der Waals surface area contributed by atoms with Crippen molar-refractivity contribution < 1.29 is 18.0 Å². The lowest BCUT2D eigenvalue weighted by Gasteiger charge is -2.25. The smallest absolute Gasteiger partial charge is 0.240 e. The molecule has 0 saturated heterocycles. The van der Waals surface area contributed by atoms with Gasteiger partial charge in [0.1, 0.15) is 0 Å². The maximum absolute atomic E-state index is 12.3. The Morgan fingerprint density at radius 2 is 1.59 bits per heavy atom. The number of nitrogens with one attached hydrogen (secondary N) is 2. The molecule has 156 valence electrons. The maximum atomic E-state index is 12.3. The second-order valence-electron chi connectivity index (χ2n) is 7.40. The van der Waals surface area contributed by atoms with Crippen LogP contribution in [0.1, 0.15) is 43.1 Å². The van der Waals surface area contributed by atoms with Crippen molar-refractivity contribution in [2.45, 2.75) is 37.5 Å². The molecule has 2 rings (SSSR count). The molecule has 0 unspecified atom stereocenters. The summed E-state index contributed by atoms with van der Waals surface area (Å²) in [5.41, 5.74) is 1.28. The van der Waals surface area contributed by atoms with Gasteiger partial charge in [-0.3, -0.25) is 9.59 Å². The van der Waals surface area contributed by atoms with Gasteiger partial charge in [-0.05, 0) is 36.8 Å². The van der Waals surface area contributed by atoms with E-state index in [9.17, 15) is 18.0 Å². The Morgan fingerprint density at radius 3 is 2.14 bits per heavy atom. The maximum Gasteiger partial charge on any atom is 0.240 e. The lowest BCUT2D eigenvalue weighted by Crippen LogP contribution is -2.38. The molecule has 0 saturated carbocycles. The molecule has 29 heavy (non-hydrogen) atoms. The summed E-state index contributed by atoms with van der Waals surface area (Å²) in [6, 6.07) is 13.6. The Morgan fingerprint density at radius 1 is 1.00 bits per heavy atom. The van der Waals surface area contributed by atoms with Gasteiger partial charge in [-0.2, -0.15) is 0 Å². The number of ketones is 1. The summed E-state index contributed by atoms with van der Waals surface area (Å²) in [7, 11) is -3.73. The first-order chi connectivity index (χ1) is 13.5. The molecule has 1 amide bonds. The first-order valence-electron chi connectivity index (χ1n) is 9.15. The number of Topliss-reactive ketones (excluding diaryl/α,β-unsaturated/α-hetero) is 1. The number of sulfonamides is 1. The average Bonchev–Trinajstić information content (AvgIpc) is 2.67. The van der Waals surface area contributed by atoms with Crippen LogP contribution in [0.3, 0.4) is 0 Å². The number of rotatable bonds is 9. The SMILES string of the molecule is CC(=O)c1ccc(S(=O)(=O)NCCC(=O)NCC(C)(C)c2ccc(Br)cc2)cc1. The van der Waals surface area contributed by atoms with Gasteiger partial charge in [0.15, 0.2) is 5.78 Å². The van der Waals surface area contributed by atoms with Gasteiger partial charge in [0.25, 0.3) is 0 Å². The van der Waals surface area contributed by atoms with E-state index in [4.69, 9.17) is 0 Å². The molecule has 0 radical (unpaired) electrons. The molecule has 6 nitrogen and oxygen atoms in total. The summed E-state index contributed by atoms with van der Waals surface area (Å²) in [5, 5.41) is 2.86. The molecule has 0 aliphatic rings. The van der Waals surface area contributed by atoms with Crippen LogP contribution in [0.4, 0.5) is 0 Å². The molecule has 0 aliphatic carbocycles. The largest absolute Gasteiger partial charge is 0.355 e. The second-order valence-corrected chi connectivity index (χ2v) is 10.1. The third-order valence-electron chi connectivity index (χ3n) is 4.57. The number of benzene rings is 2. The van der Waals surface area contributed by atoms with Gasteiger partial charge in [0.2, 0.25) is 15.9 Å². The van der Waals surface area contributed by atoms with Gasteiger partial charge in [-0.1, -0.05) is 54.0 Å². The molecular formula is C21H25BrN2O4S.